The maximum atomic E-state index is 5.86. The van der Waals surface area contributed by atoms with Crippen molar-refractivity contribution >= 4 is 11.6 Å². The minimum atomic E-state index is 0.663. The maximum absolute atomic E-state index is 5.86. The van der Waals surface area contributed by atoms with Gasteiger partial charge in [0.2, 0.25) is 0 Å². The fourth-order valence-electron chi connectivity index (χ4n) is 2.39. The second-order valence-electron chi connectivity index (χ2n) is 4.69. The smallest absolute Gasteiger partial charge is 0.164 e. The van der Waals surface area contributed by atoms with Crippen LogP contribution in [0, 0.1) is 0 Å². The summed E-state index contributed by atoms with van der Waals surface area (Å²) in [7, 11) is 0. The van der Waals surface area contributed by atoms with E-state index in [1.807, 2.05) is 18.2 Å². The average Bonchev–Trinajstić information content (AvgIpc) is 2.82. The highest BCUT2D eigenvalue weighted by Gasteiger charge is 2.21. The van der Waals surface area contributed by atoms with Crippen molar-refractivity contribution in [3.05, 3.63) is 47.8 Å². The van der Waals surface area contributed by atoms with E-state index >= 15 is 0 Å². The molecule has 0 fully saturated rings. The van der Waals surface area contributed by atoms with E-state index < -0.39 is 0 Å². The molecule has 2 heterocycles. The van der Waals surface area contributed by atoms with Gasteiger partial charge in [-0.2, -0.15) is 0 Å². The van der Waals surface area contributed by atoms with Crippen LogP contribution in [-0.4, -0.2) is 32.8 Å². The minimum Gasteiger partial charge on any atom is -0.309 e. The Balaban J connectivity index is 1.86. The monoisotopic (exact) mass is 274 g/mol. The summed E-state index contributed by atoms with van der Waals surface area (Å²) < 4.78 is 2.18. The molecule has 0 amide bonds. The summed E-state index contributed by atoms with van der Waals surface area (Å²) in [6, 6.07) is 10.2. The van der Waals surface area contributed by atoms with Crippen molar-refractivity contribution in [2.45, 2.75) is 13.1 Å². The molecule has 0 unspecified atom stereocenters. The van der Waals surface area contributed by atoms with Gasteiger partial charge in [-0.25, -0.2) is 0 Å². The molecule has 1 aliphatic rings. The van der Waals surface area contributed by atoms with Crippen LogP contribution in [0.2, 0.25) is 0 Å². The third-order valence-corrected chi connectivity index (χ3v) is 3.38. The van der Waals surface area contributed by atoms with Crippen molar-refractivity contribution in [3.63, 3.8) is 0 Å². The molecule has 0 N–H and O–H groups in total. The molecule has 4 nitrogen and oxygen atoms in total. The SMILES string of the molecule is C=C(Cl)CN1CCn2c(nnc2-c2ccccc2)C1. The lowest BCUT2D eigenvalue weighted by molar-refractivity contribution is 0.238. The zero-order chi connectivity index (χ0) is 13.2. The van der Waals surface area contributed by atoms with E-state index in [-0.39, 0.29) is 0 Å². The van der Waals surface area contributed by atoms with Crippen molar-refractivity contribution in [2.75, 3.05) is 13.1 Å². The second-order valence-corrected chi connectivity index (χ2v) is 5.22. The van der Waals surface area contributed by atoms with E-state index in [1.165, 1.54) is 0 Å². The molecule has 0 saturated heterocycles. The third kappa shape index (κ3) is 2.55. The van der Waals surface area contributed by atoms with Crippen LogP contribution in [0.1, 0.15) is 5.82 Å². The summed E-state index contributed by atoms with van der Waals surface area (Å²) in [4.78, 5) is 2.23. The summed E-state index contributed by atoms with van der Waals surface area (Å²) >= 11 is 5.86. The van der Waals surface area contributed by atoms with E-state index in [0.29, 0.717) is 11.6 Å². The van der Waals surface area contributed by atoms with Gasteiger partial charge in [0.25, 0.3) is 0 Å². The van der Waals surface area contributed by atoms with Crippen LogP contribution in [0.15, 0.2) is 41.9 Å². The van der Waals surface area contributed by atoms with Gasteiger partial charge in [-0.1, -0.05) is 48.5 Å². The van der Waals surface area contributed by atoms with Crippen molar-refractivity contribution in [1.29, 1.82) is 0 Å². The van der Waals surface area contributed by atoms with Crippen LogP contribution in [0.5, 0.6) is 0 Å². The Morgan fingerprint density at radius 1 is 1.21 bits per heavy atom. The molecular weight excluding hydrogens is 260 g/mol. The molecule has 0 atom stereocenters. The molecule has 0 aliphatic carbocycles. The average molecular weight is 275 g/mol. The van der Waals surface area contributed by atoms with E-state index in [9.17, 15) is 0 Å². The predicted molar refractivity (Wildman–Crippen MR) is 75.7 cm³/mol. The van der Waals surface area contributed by atoms with Crippen molar-refractivity contribution in [2.24, 2.45) is 0 Å². The Labute approximate surface area is 117 Å². The molecule has 1 aromatic heterocycles. The molecule has 5 heteroatoms. The topological polar surface area (TPSA) is 34.0 Å². The Bertz CT molecular complexity index is 591. The van der Waals surface area contributed by atoms with Gasteiger partial charge in [0.05, 0.1) is 6.54 Å². The van der Waals surface area contributed by atoms with Crippen molar-refractivity contribution in [3.8, 4) is 11.4 Å². The zero-order valence-electron chi connectivity index (χ0n) is 10.6. The number of rotatable bonds is 3. The number of aromatic nitrogens is 3. The predicted octanol–water partition coefficient (Wildman–Crippen LogP) is 2.51. The maximum Gasteiger partial charge on any atom is 0.164 e. The molecule has 1 aromatic carbocycles. The fourth-order valence-corrected chi connectivity index (χ4v) is 2.56. The number of hydrogen-bond acceptors (Lipinski definition) is 3. The van der Waals surface area contributed by atoms with Gasteiger partial charge in [-0.05, 0) is 0 Å². The lowest BCUT2D eigenvalue weighted by Gasteiger charge is -2.27. The standard InChI is InChI=1S/C14H15ClN4/c1-11(15)9-18-7-8-19-13(10-18)16-17-14(19)12-5-3-2-4-6-12/h2-6H,1,7-10H2. The Morgan fingerprint density at radius 2 is 2.00 bits per heavy atom. The second kappa shape index (κ2) is 5.15. The molecule has 0 bridgehead atoms. The van der Waals surface area contributed by atoms with E-state index in [4.69, 9.17) is 11.6 Å². The molecule has 0 radical (unpaired) electrons. The molecule has 3 rings (SSSR count). The normalized spacial score (nSPS) is 15.2. The van der Waals surface area contributed by atoms with E-state index in [1.54, 1.807) is 0 Å². The highest BCUT2D eigenvalue weighted by Crippen LogP contribution is 2.21. The first-order chi connectivity index (χ1) is 9.24. The first-order valence-electron chi connectivity index (χ1n) is 6.27. The van der Waals surface area contributed by atoms with Gasteiger partial charge in [-0.15, -0.1) is 10.2 Å². The molecule has 0 spiro atoms. The molecule has 98 valence electrons. The highest BCUT2D eigenvalue weighted by atomic mass is 35.5. The molecule has 19 heavy (non-hydrogen) atoms. The minimum absolute atomic E-state index is 0.663. The Hall–Kier alpha value is -1.65. The van der Waals surface area contributed by atoms with Crippen LogP contribution in [0.4, 0.5) is 0 Å². The number of fused-ring (bicyclic) bond motifs is 1. The van der Waals surface area contributed by atoms with Crippen LogP contribution in [0.25, 0.3) is 11.4 Å². The Kier molecular flexibility index (Phi) is 3.36. The summed E-state index contributed by atoms with van der Waals surface area (Å²) in [5.41, 5.74) is 1.11. The summed E-state index contributed by atoms with van der Waals surface area (Å²) in [6.07, 6.45) is 0. The van der Waals surface area contributed by atoms with Crippen molar-refractivity contribution < 1.29 is 0 Å². The lowest BCUT2D eigenvalue weighted by atomic mass is 10.2. The molecular formula is C14H15ClN4. The quantitative estimate of drug-likeness (QED) is 0.862. The molecule has 0 saturated carbocycles. The molecule has 2 aromatic rings. The van der Waals surface area contributed by atoms with Gasteiger partial charge >= 0.3 is 0 Å². The summed E-state index contributed by atoms with van der Waals surface area (Å²) in [5.74, 6) is 1.93. The Morgan fingerprint density at radius 3 is 2.74 bits per heavy atom. The van der Waals surface area contributed by atoms with E-state index in [0.717, 1.165) is 36.8 Å². The first kappa shape index (κ1) is 12.4. The first-order valence-corrected chi connectivity index (χ1v) is 6.65. The number of hydrogen-bond donors (Lipinski definition) is 0. The van der Waals surface area contributed by atoms with Gasteiger partial charge < -0.3 is 4.57 Å². The van der Waals surface area contributed by atoms with Crippen LogP contribution in [0.3, 0.4) is 0 Å². The number of nitrogens with zero attached hydrogens (tertiary/aromatic N) is 4. The fraction of sp³-hybridized carbons (Fsp3) is 0.286. The summed E-state index contributed by atoms with van der Waals surface area (Å²) in [5, 5.41) is 9.26. The number of halogens is 1. The largest absolute Gasteiger partial charge is 0.309 e. The zero-order valence-corrected chi connectivity index (χ0v) is 11.3. The van der Waals surface area contributed by atoms with Gasteiger partial charge in [0.1, 0.15) is 5.82 Å². The summed E-state index contributed by atoms with van der Waals surface area (Å²) in [6.45, 7) is 7.04. The highest BCUT2D eigenvalue weighted by molar-refractivity contribution is 6.29. The van der Waals surface area contributed by atoms with Crippen LogP contribution < -0.4 is 0 Å². The number of benzene rings is 1. The van der Waals surface area contributed by atoms with Gasteiger partial charge in [-0.3, -0.25) is 4.90 Å². The van der Waals surface area contributed by atoms with E-state index in [2.05, 4.69) is 38.4 Å². The van der Waals surface area contributed by atoms with Crippen molar-refractivity contribution in [1.82, 2.24) is 19.7 Å². The molecule has 1 aliphatic heterocycles. The van der Waals surface area contributed by atoms with Gasteiger partial charge in [0.15, 0.2) is 5.82 Å². The van der Waals surface area contributed by atoms with Crippen LogP contribution >= 0.6 is 11.6 Å². The van der Waals surface area contributed by atoms with Gasteiger partial charge in [0, 0.05) is 30.2 Å². The lowest BCUT2D eigenvalue weighted by Crippen LogP contribution is -2.34. The van der Waals surface area contributed by atoms with Crippen LogP contribution in [-0.2, 0) is 13.1 Å². The third-order valence-electron chi connectivity index (χ3n) is 3.26.